The van der Waals surface area contributed by atoms with E-state index in [1.54, 1.807) is 24.5 Å². The van der Waals surface area contributed by atoms with Crippen LogP contribution < -0.4 is 16.0 Å². The van der Waals surface area contributed by atoms with Gasteiger partial charge in [-0.15, -0.1) is 0 Å². The third-order valence-corrected chi connectivity index (χ3v) is 7.44. The number of benzene rings is 1. The fourth-order valence-corrected chi connectivity index (χ4v) is 5.56. The summed E-state index contributed by atoms with van der Waals surface area (Å²) >= 11 is 0. The van der Waals surface area contributed by atoms with Crippen molar-refractivity contribution in [1.82, 2.24) is 15.2 Å². The molecule has 2 aliphatic carbocycles. The summed E-state index contributed by atoms with van der Waals surface area (Å²) in [5, 5.41) is 7.15. The number of nitrogens with zero attached hydrogens (tertiary/aromatic N) is 1. The molecule has 8 nitrogen and oxygen atoms in total. The molecule has 0 unspecified atom stereocenters. The number of anilines is 1. The van der Waals surface area contributed by atoms with Gasteiger partial charge in [0.15, 0.2) is 0 Å². The van der Waals surface area contributed by atoms with Crippen LogP contribution in [-0.4, -0.2) is 46.6 Å². The number of ketones is 1. The minimum Gasteiger partial charge on any atom is -0.357 e. The van der Waals surface area contributed by atoms with Crippen LogP contribution in [0.5, 0.6) is 0 Å². The fourth-order valence-electron chi connectivity index (χ4n) is 5.56. The first-order chi connectivity index (χ1) is 16.9. The Balaban J connectivity index is 1.45. The lowest BCUT2D eigenvalue weighted by atomic mass is 9.72. The van der Waals surface area contributed by atoms with Crippen molar-refractivity contribution in [2.24, 2.45) is 5.92 Å². The van der Waals surface area contributed by atoms with Crippen molar-refractivity contribution >= 4 is 29.2 Å². The minimum absolute atomic E-state index is 0.00544. The number of carbonyl (C=O) groups is 4. The summed E-state index contributed by atoms with van der Waals surface area (Å²) in [6.45, 7) is 3.14. The Hall–Kier alpha value is -3.63. The number of hydrogen-bond acceptors (Lipinski definition) is 4. The predicted molar refractivity (Wildman–Crippen MR) is 123 cm³/mol. The summed E-state index contributed by atoms with van der Waals surface area (Å²) in [7, 11) is 1.26. The maximum atomic E-state index is 14.0. The van der Waals surface area contributed by atoms with Crippen LogP contribution in [0.2, 0.25) is 0 Å². The highest BCUT2D eigenvalue weighted by Gasteiger charge is 2.62. The molecule has 1 aromatic heterocycles. The highest BCUT2D eigenvalue weighted by atomic mass is 19.3. The molecule has 3 N–H and O–H groups in total. The lowest BCUT2D eigenvalue weighted by Crippen LogP contribution is -2.69. The summed E-state index contributed by atoms with van der Waals surface area (Å²) in [6.07, 6.45) is -0.480. The molecular weight excluding hydrogens is 477 g/mol. The van der Waals surface area contributed by atoms with Crippen molar-refractivity contribution < 1.29 is 32.3 Å². The van der Waals surface area contributed by atoms with Gasteiger partial charge < -0.3 is 20.5 Å². The molecule has 11 heteroatoms. The molecule has 2 heterocycles. The van der Waals surface area contributed by atoms with Gasteiger partial charge in [0.2, 0.25) is 5.91 Å². The smallest absolute Gasteiger partial charge is 0.294 e. The van der Waals surface area contributed by atoms with Crippen molar-refractivity contribution in [2.75, 3.05) is 12.4 Å². The summed E-state index contributed by atoms with van der Waals surface area (Å²) in [5.41, 5.74) is -0.0978. The molecule has 1 aliphatic heterocycles. The summed E-state index contributed by atoms with van der Waals surface area (Å²) in [6, 6.07) is 4.25. The molecule has 3 amide bonds. The zero-order chi connectivity index (χ0) is 26.2. The molecular formula is C25H25F3N4O4. The number of carbonyl (C=O) groups excluding carboxylic acids is 4. The number of alkyl halides is 2. The standard InChI is InChI=1S/C25H25F3N4O4/c1-11-4-5-14(8-15(11)26)30-21(34)18-12(2)19(32-16-6-13(16)7-17(18)32)20(33)22(35)31-24(23(36)29-3)9-25(27,28)10-24/h4-5,8,13,16H,6-7,9-10H2,1-3H3,(H,29,36)(H,30,34)(H,31,35)/t13-,16-/m0/s1. The van der Waals surface area contributed by atoms with Crippen LogP contribution in [0.3, 0.4) is 0 Å². The maximum Gasteiger partial charge on any atom is 0.294 e. The van der Waals surface area contributed by atoms with E-state index in [0.717, 1.165) is 6.42 Å². The van der Waals surface area contributed by atoms with Gasteiger partial charge in [-0.25, -0.2) is 13.2 Å². The Kier molecular flexibility index (Phi) is 5.31. The number of nitrogens with one attached hydrogen (secondary N) is 3. The molecule has 190 valence electrons. The SMILES string of the molecule is CNC(=O)C1(NC(=O)C(=O)c2c(C)c(C(=O)Nc3ccc(C)c(F)c3)c3n2[C@H]2C[C@H]2C3)CC(F)(F)C1. The number of Topliss-reactive ketones (excluding diaryl/α,β-unsaturated/α-hetero) is 1. The van der Waals surface area contributed by atoms with E-state index in [9.17, 15) is 32.3 Å². The lowest BCUT2D eigenvalue weighted by molar-refractivity contribution is -0.164. The van der Waals surface area contributed by atoms with Gasteiger partial charge in [-0.2, -0.15) is 0 Å². The summed E-state index contributed by atoms with van der Waals surface area (Å²) < 4.78 is 42.9. The van der Waals surface area contributed by atoms with E-state index in [-0.39, 0.29) is 34.5 Å². The number of rotatable bonds is 6. The normalized spacial score (nSPS) is 22.1. The van der Waals surface area contributed by atoms with Gasteiger partial charge in [0, 0.05) is 37.3 Å². The largest absolute Gasteiger partial charge is 0.357 e. The molecule has 2 fully saturated rings. The van der Waals surface area contributed by atoms with Crippen molar-refractivity contribution in [1.29, 1.82) is 0 Å². The zero-order valence-corrected chi connectivity index (χ0v) is 19.9. The molecule has 1 aromatic carbocycles. The number of aromatic nitrogens is 1. The molecule has 0 spiro atoms. The van der Waals surface area contributed by atoms with Gasteiger partial charge in [-0.1, -0.05) is 6.07 Å². The van der Waals surface area contributed by atoms with Crippen LogP contribution in [0.4, 0.5) is 18.9 Å². The van der Waals surface area contributed by atoms with E-state index in [1.807, 2.05) is 0 Å². The van der Waals surface area contributed by atoms with Crippen molar-refractivity contribution in [2.45, 2.75) is 57.0 Å². The van der Waals surface area contributed by atoms with Crippen LogP contribution in [0.25, 0.3) is 0 Å². The second kappa shape index (κ2) is 7.94. The molecule has 0 saturated heterocycles. The minimum atomic E-state index is -3.13. The Bertz CT molecular complexity index is 1340. The van der Waals surface area contributed by atoms with E-state index in [0.29, 0.717) is 17.7 Å². The Morgan fingerprint density at radius 1 is 1.11 bits per heavy atom. The second-order valence-electron chi connectivity index (χ2n) is 10.0. The van der Waals surface area contributed by atoms with Crippen molar-refractivity contribution in [3.8, 4) is 0 Å². The first-order valence-corrected chi connectivity index (χ1v) is 11.7. The van der Waals surface area contributed by atoms with Gasteiger partial charge in [0.05, 0.1) is 11.3 Å². The number of hydrogen-bond donors (Lipinski definition) is 3. The highest BCUT2D eigenvalue weighted by Crippen LogP contribution is 2.54. The van der Waals surface area contributed by atoms with Gasteiger partial charge in [-0.3, -0.25) is 19.2 Å². The third kappa shape index (κ3) is 3.68. The number of halogens is 3. The molecule has 0 radical (unpaired) electrons. The number of likely N-dealkylation sites (N-methyl/N-ethyl adjacent to an activating group) is 1. The molecule has 2 aromatic rings. The van der Waals surface area contributed by atoms with E-state index in [4.69, 9.17) is 0 Å². The van der Waals surface area contributed by atoms with E-state index in [2.05, 4.69) is 16.0 Å². The molecule has 2 saturated carbocycles. The monoisotopic (exact) mass is 502 g/mol. The summed E-state index contributed by atoms with van der Waals surface area (Å²) in [5.74, 6) is -6.90. The quantitative estimate of drug-likeness (QED) is 0.417. The zero-order valence-electron chi connectivity index (χ0n) is 19.9. The van der Waals surface area contributed by atoms with Crippen LogP contribution in [-0.2, 0) is 16.0 Å². The van der Waals surface area contributed by atoms with Crippen LogP contribution in [0.1, 0.15) is 63.0 Å². The Morgan fingerprint density at radius 2 is 1.81 bits per heavy atom. The number of aryl methyl sites for hydroxylation is 1. The van der Waals surface area contributed by atoms with Crippen molar-refractivity contribution in [3.05, 3.63) is 52.1 Å². The number of amides is 3. The molecule has 0 bridgehead atoms. The Morgan fingerprint density at radius 3 is 2.42 bits per heavy atom. The van der Waals surface area contributed by atoms with E-state index in [1.165, 1.54) is 19.2 Å². The molecule has 36 heavy (non-hydrogen) atoms. The fraction of sp³-hybridized carbons (Fsp3) is 0.440. The van der Waals surface area contributed by atoms with Crippen LogP contribution in [0.15, 0.2) is 18.2 Å². The van der Waals surface area contributed by atoms with Gasteiger partial charge >= 0.3 is 0 Å². The maximum absolute atomic E-state index is 14.0. The average Bonchev–Trinajstić information content (AvgIpc) is 3.36. The predicted octanol–water partition coefficient (Wildman–Crippen LogP) is 2.83. The first-order valence-electron chi connectivity index (χ1n) is 11.7. The topological polar surface area (TPSA) is 109 Å². The molecule has 3 aliphatic rings. The highest BCUT2D eigenvalue weighted by molar-refractivity contribution is 6.43. The third-order valence-electron chi connectivity index (χ3n) is 7.44. The van der Waals surface area contributed by atoms with Crippen LogP contribution in [0, 0.1) is 25.6 Å². The molecule has 5 rings (SSSR count). The average molecular weight is 502 g/mol. The van der Waals surface area contributed by atoms with E-state index >= 15 is 0 Å². The van der Waals surface area contributed by atoms with Crippen molar-refractivity contribution in [3.63, 3.8) is 0 Å². The van der Waals surface area contributed by atoms with Gasteiger partial charge in [0.25, 0.3) is 23.5 Å². The lowest BCUT2D eigenvalue weighted by Gasteiger charge is -2.45. The van der Waals surface area contributed by atoms with Gasteiger partial charge in [0.1, 0.15) is 11.4 Å². The first kappa shape index (κ1) is 24.1. The Labute approximate surface area is 204 Å². The van der Waals surface area contributed by atoms with E-state index < -0.39 is 53.6 Å². The van der Waals surface area contributed by atoms with Crippen LogP contribution >= 0.6 is 0 Å². The van der Waals surface area contributed by atoms with Gasteiger partial charge in [-0.05, 0) is 55.9 Å². The number of fused-ring (bicyclic) bond motifs is 3. The second-order valence-corrected chi connectivity index (χ2v) is 10.0. The summed E-state index contributed by atoms with van der Waals surface area (Å²) in [4.78, 5) is 51.8. The molecule has 2 atom stereocenters.